The second-order valence-electron chi connectivity index (χ2n) is 3.06. The van der Waals surface area contributed by atoms with Gasteiger partial charge in [-0.05, 0) is 27.2 Å². The molecule has 0 fully saturated rings. The van der Waals surface area contributed by atoms with E-state index in [-0.39, 0.29) is 0 Å². The molecule has 0 aliphatic heterocycles. The molecule has 0 rings (SSSR count). The molecule has 0 aromatic rings. The lowest BCUT2D eigenvalue weighted by molar-refractivity contribution is -0.0413. The van der Waals surface area contributed by atoms with Gasteiger partial charge in [0.05, 0.1) is 5.60 Å². The summed E-state index contributed by atoms with van der Waals surface area (Å²) in [4.78, 5) is 0. The van der Waals surface area contributed by atoms with E-state index in [0.717, 1.165) is 0 Å². The summed E-state index contributed by atoms with van der Waals surface area (Å²) in [6.07, 6.45) is -0.699. The van der Waals surface area contributed by atoms with Gasteiger partial charge in [-0.1, -0.05) is 6.92 Å². The fourth-order valence-corrected chi connectivity index (χ4v) is 0. The van der Waals surface area contributed by atoms with Gasteiger partial charge in [-0.3, -0.25) is 0 Å². The van der Waals surface area contributed by atoms with E-state index in [2.05, 4.69) is 0 Å². The third kappa shape index (κ3) is 106. The first kappa shape index (κ1) is 12.5. The fourth-order valence-electron chi connectivity index (χ4n) is 0. The van der Waals surface area contributed by atoms with E-state index in [9.17, 15) is 0 Å². The number of aliphatic hydroxyl groups is 3. The minimum absolute atomic E-state index is 0.417. The molecule has 64 valence electrons. The van der Waals surface area contributed by atoms with E-state index in [1.165, 1.54) is 0 Å². The van der Waals surface area contributed by atoms with Crippen LogP contribution < -0.4 is 0 Å². The van der Waals surface area contributed by atoms with Gasteiger partial charge in [0, 0.05) is 0 Å². The van der Waals surface area contributed by atoms with Crippen LogP contribution in [-0.2, 0) is 0 Å². The number of aliphatic hydroxyl groups excluding tert-OH is 1. The Bertz CT molecular complexity index is 57.7. The van der Waals surface area contributed by atoms with Gasteiger partial charge in [-0.2, -0.15) is 0 Å². The molecule has 0 heterocycles. The number of hydrogen-bond acceptors (Lipinski definition) is 3. The summed E-state index contributed by atoms with van der Waals surface area (Å²) in [6.45, 7) is 6.93. The molecule has 0 atom stereocenters. The molecule has 0 radical (unpaired) electrons. The molecule has 0 unspecified atom stereocenters. The molecular weight excluding hydrogens is 132 g/mol. The average molecular weight is 150 g/mol. The van der Waals surface area contributed by atoms with Crippen molar-refractivity contribution in [2.45, 2.75) is 46.0 Å². The SMILES string of the molecule is CC(C)(C)O.CCC(O)O. The fraction of sp³-hybridized carbons (Fsp3) is 1.00. The van der Waals surface area contributed by atoms with Crippen molar-refractivity contribution in [2.24, 2.45) is 0 Å². The highest BCUT2D eigenvalue weighted by Crippen LogP contribution is 1.93. The standard InChI is InChI=1S/C4H10O.C3H8O2/c1-4(2,3)5;1-2-3(4)5/h5H,1-3H3;3-5H,2H2,1H3. The molecule has 0 aliphatic rings. The second-order valence-corrected chi connectivity index (χ2v) is 3.06. The van der Waals surface area contributed by atoms with Crippen LogP contribution in [0.1, 0.15) is 34.1 Å². The van der Waals surface area contributed by atoms with E-state index in [1.807, 2.05) is 0 Å². The molecule has 0 bridgehead atoms. The maximum atomic E-state index is 8.52. The van der Waals surface area contributed by atoms with Crippen LogP contribution in [-0.4, -0.2) is 27.2 Å². The van der Waals surface area contributed by atoms with Crippen LogP contribution in [0.5, 0.6) is 0 Å². The average Bonchev–Trinajstić information content (AvgIpc) is 1.61. The monoisotopic (exact) mass is 150 g/mol. The van der Waals surface area contributed by atoms with Crippen molar-refractivity contribution in [1.29, 1.82) is 0 Å². The number of rotatable bonds is 1. The van der Waals surface area contributed by atoms with Gasteiger partial charge in [-0.25, -0.2) is 0 Å². The zero-order valence-corrected chi connectivity index (χ0v) is 7.13. The van der Waals surface area contributed by atoms with Crippen LogP contribution in [0.25, 0.3) is 0 Å². The highest BCUT2D eigenvalue weighted by atomic mass is 16.5. The molecule has 3 nitrogen and oxygen atoms in total. The Morgan fingerprint density at radius 1 is 1.20 bits per heavy atom. The van der Waals surface area contributed by atoms with Crippen LogP contribution in [0.3, 0.4) is 0 Å². The normalized spacial score (nSPS) is 10.8. The van der Waals surface area contributed by atoms with Gasteiger partial charge in [0.2, 0.25) is 0 Å². The van der Waals surface area contributed by atoms with Crippen molar-refractivity contribution in [3.8, 4) is 0 Å². The second kappa shape index (κ2) is 5.65. The van der Waals surface area contributed by atoms with Crippen molar-refractivity contribution in [1.82, 2.24) is 0 Å². The summed E-state index contributed by atoms with van der Waals surface area (Å²) in [5, 5.41) is 24.4. The topological polar surface area (TPSA) is 60.7 Å². The Labute approximate surface area is 62.3 Å². The van der Waals surface area contributed by atoms with E-state index >= 15 is 0 Å². The lowest BCUT2D eigenvalue weighted by atomic mass is 10.2. The zero-order chi connectivity index (χ0) is 8.78. The van der Waals surface area contributed by atoms with Crippen molar-refractivity contribution in [3.05, 3.63) is 0 Å². The van der Waals surface area contributed by atoms with Crippen LogP contribution in [0.15, 0.2) is 0 Å². The Hall–Kier alpha value is -0.120. The summed E-state index contributed by atoms with van der Waals surface area (Å²) >= 11 is 0. The summed E-state index contributed by atoms with van der Waals surface area (Å²) in [5.74, 6) is 0. The third-order valence-corrected chi connectivity index (χ3v) is 0.365. The minimum atomic E-state index is -1.12. The highest BCUT2D eigenvalue weighted by Gasteiger charge is 1.97. The van der Waals surface area contributed by atoms with Gasteiger partial charge in [-0.15, -0.1) is 0 Å². The molecular formula is C7H18O3. The molecule has 3 heteroatoms. The molecule has 10 heavy (non-hydrogen) atoms. The molecule has 0 saturated heterocycles. The highest BCUT2D eigenvalue weighted by molar-refractivity contribution is 4.50. The number of hydrogen-bond donors (Lipinski definition) is 3. The summed E-state index contributed by atoms with van der Waals surface area (Å²) in [6, 6.07) is 0. The van der Waals surface area contributed by atoms with Gasteiger partial charge < -0.3 is 15.3 Å². The Kier molecular flexibility index (Phi) is 7.09. The van der Waals surface area contributed by atoms with Crippen LogP contribution >= 0.6 is 0 Å². The van der Waals surface area contributed by atoms with E-state index in [0.29, 0.717) is 6.42 Å². The van der Waals surface area contributed by atoms with Crippen LogP contribution in [0.4, 0.5) is 0 Å². The van der Waals surface area contributed by atoms with E-state index in [1.54, 1.807) is 27.7 Å². The molecule has 0 aliphatic carbocycles. The zero-order valence-electron chi connectivity index (χ0n) is 7.13. The first-order valence-corrected chi connectivity index (χ1v) is 3.36. The molecule has 3 N–H and O–H groups in total. The van der Waals surface area contributed by atoms with E-state index in [4.69, 9.17) is 15.3 Å². The molecule has 0 spiro atoms. The smallest absolute Gasteiger partial charge is 0.151 e. The van der Waals surface area contributed by atoms with E-state index < -0.39 is 11.9 Å². The van der Waals surface area contributed by atoms with Gasteiger partial charge in [0.1, 0.15) is 0 Å². The lowest BCUT2D eigenvalue weighted by Gasteiger charge is -2.04. The third-order valence-electron chi connectivity index (χ3n) is 0.365. The molecule has 0 aromatic heterocycles. The van der Waals surface area contributed by atoms with Gasteiger partial charge >= 0.3 is 0 Å². The minimum Gasteiger partial charge on any atom is -0.391 e. The summed E-state index contributed by atoms with van der Waals surface area (Å²) in [7, 11) is 0. The lowest BCUT2D eigenvalue weighted by Crippen LogP contribution is -2.10. The first-order valence-electron chi connectivity index (χ1n) is 3.36. The Morgan fingerprint density at radius 2 is 1.30 bits per heavy atom. The van der Waals surface area contributed by atoms with Gasteiger partial charge in [0.25, 0.3) is 0 Å². The van der Waals surface area contributed by atoms with Crippen molar-refractivity contribution in [2.75, 3.05) is 0 Å². The summed E-state index contributed by atoms with van der Waals surface area (Å²) in [5.41, 5.74) is -0.500. The van der Waals surface area contributed by atoms with Crippen molar-refractivity contribution >= 4 is 0 Å². The largest absolute Gasteiger partial charge is 0.391 e. The maximum absolute atomic E-state index is 8.52. The predicted octanol–water partition coefficient (Wildman–Crippen LogP) is 0.484. The van der Waals surface area contributed by atoms with Gasteiger partial charge in [0.15, 0.2) is 6.29 Å². The molecule has 0 aromatic carbocycles. The predicted molar refractivity (Wildman–Crippen MR) is 40.5 cm³/mol. The molecule has 0 amide bonds. The van der Waals surface area contributed by atoms with Crippen LogP contribution in [0, 0.1) is 0 Å². The van der Waals surface area contributed by atoms with Crippen LogP contribution in [0.2, 0.25) is 0 Å². The summed E-state index contributed by atoms with van der Waals surface area (Å²) < 4.78 is 0. The quantitative estimate of drug-likeness (QED) is 0.476. The van der Waals surface area contributed by atoms with Crippen molar-refractivity contribution in [3.63, 3.8) is 0 Å². The Balaban J connectivity index is 0. The van der Waals surface area contributed by atoms with Crippen molar-refractivity contribution < 1.29 is 15.3 Å². The Morgan fingerprint density at radius 3 is 1.30 bits per heavy atom. The molecule has 0 saturated carbocycles. The first-order chi connectivity index (χ1) is 4.27. The maximum Gasteiger partial charge on any atom is 0.151 e.